The van der Waals surface area contributed by atoms with Crippen molar-refractivity contribution in [2.45, 2.75) is 31.7 Å². The Morgan fingerprint density at radius 1 is 1.10 bits per heavy atom. The van der Waals surface area contributed by atoms with Gasteiger partial charge in [0.2, 0.25) is 21.8 Å². The van der Waals surface area contributed by atoms with E-state index in [0.717, 1.165) is 16.8 Å². The molecule has 0 aliphatic carbocycles. The van der Waals surface area contributed by atoms with Gasteiger partial charge in [-0.05, 0) is 36.2 Å². The minimum atomic E-state index is -4.26. The Morgan fingerprint density at radius 3 is 2.45 bits per heavy atom. The standard InChI is InChI=1S/C20H21FN4O4S2/c1-11(2)18(25-31(28,29)17-7-5-4-6-14(17)21)19(27)24-20-23-15-9-8-13(22-12(3)26)10-16(15)30-20/h4-11,18,25H,1-3H3,(H,22,26)(H,23,24,27)/t18-/m0/s1. The summed E-state index contributed by atoms with van der Waals surface area (Å²) >= 11 is 1.18. The average molecular weight is 465 g/mol. The van der Waals surface area contributed by atoms with Crippen LogP contribution in [-0.2, 0) is 19.6 Å². The molecule has 1 aromatic heterocycles. The largest absolute Gasteiger partial charge is 0.326 e. The molecule has 0 aliphatic rings. The lowest BCUT2D eigenvalue weighted by Gasteiger charge is -2.21. The zero-order valence-corrected chi connectivity index (χ0v) is 18.6. The summed E-state index contributed by atoms with van der Waals surface area (Å²) in [4.78, 5) is 27.8. The highest BCUT2D eigenvalue weighted by atomic mass is 32.2. The van der Waals surface area contributed by atoms with Crippen LogP contribution in [0.15, 0.2) is 47.4 Å². The van der Waals surface area contributed by atoms with Crippen molar-refractivity contribution in [2.24, 2.45) is 5.92 Å². The highest BCUT2D eigenvalue weighted by Crippen LogP contribution is 2.29. The normalized spacial score (nSPS) is 12.7. The third-order valence-electron chi connectivity index (χ3n) is 4.30. The smallest absolute Gasteiger partial charge is 0.244 e. The van der Waals surface area contributed by atoms with Crippen molar-refractivity contribution in [3.05, 3.63) is 48.3 Å². The van der Waals surface area contributed by atoms with E-state index in [1.54, 1.807) is 32.0 Å². The first-order chi connectivity index (χ1) is 14.6. The number of hydrogen-bond donors (Lipinski definition) is 3. The topological polar surface area (TPSA) is 117 Å². The number of aromatic nitrogens is 1. The van der Waals surface area contributed by atoms with E-state index < -0.39 is 38.6 Å². The number of anilines is 2. The van der Waals surface area contributed by atoms with Gasteiger partial charge in [0, 0.05) is 12.6 Å². The van der Waals surface area contributed by atoms with Gasteiger partial charge in [0.25, 0.3) is 0 Å². The quantitative estimate of drug-likeness (QED) is 0.496. The van der Waals surface area contributed by atoms with Crippen molar-refractivity contribution < 1.29 is 22.4 Å². The lowest BCUT2D eigenvalue weighted by atomic mass is 10.1. The number of thiazole rings is 1. The molecule has 0 spiro atoms. The predicted molar refractivity (Wildman–Crippen MR) is 118 cm³/mol. The Hall–Kier alpha value is -2.89. The van der Waals surface area contributed by atoms with Gasteiger partial charge in [0.1, 0.15) is 16.8 Å². The summed E-state index contributed by atoms with van der Waals surface area (Å²) in [5, 5.41) is 5.57. The summed E-state index contributed by atoms with van der Waals surface area (Å²) in [5.74, 6) is -2.14. The summed E-state index contributed by atoms with van der Waals surface area (Å²) < 4.78 is 42.2. The molecule has 0 saturated carbocycles. The molecule has 31 heavy (non-hydrogen) atoms. The minimum absolute atomic E-state index is 0.209. The first-order valence-electron chi connectivity index (χ1n) is 9.33. The molecule has 3 aromatic rings. The van der Waals surface area contributed by atoms with Gasteiger partial charge in [-0.25, -0.2) is 17.8 Å². The van der Waals surface area contributed by atoms with Crippen molar-refractivity contribution in [3.63, 3.8) is 0 Å². The van der Waals surface area contributed by atoms with Crippen LogP contribution in [0.5, 0.6) is 0 Å². The fourth-order valence-corrected chi connectivity index (χ4v) is 5.16. The molecule has 0 fully saturated rings. The van der Waals surface area contributed by atoms with E-state index in [1.165, 1.54) is 30.4 Å². The first-order valence-corrected chi connectivity index (χ1v) is 11.6. The van der Waals surface area contributed by atoms with Gasteiger partial charge in [0.15, 0.2) is 5.13 Å². The maximum Gasteiger partial charge on any atom is 0.244 e. The van der Waals surface area contributed by atoms with Gasteiger partial charge >= 0.3 is 0 Å². The van der Waals surface area contributed by atoms with Crippen LogP contribution in [0.1, 0.15) is 20.8 Å². The number of hydrogen-bond acceptors (Lipinski definition) is 6. The number of fused-ring (bicyclic) bond motifs is 1. The van der Waals surface area contributed by atoms with Crippen molar-refractivity contribution in [3.8, 4) is 0 Å². The van der Waals surface area contributed by atoms with Gasteiger partial charge in [-0.2, -0.15) is 4.72 Å². The van der Waals surface area contributed by atoms with E-state index in [2.05, 4.69) is 20.3 Å². The highest BCUT2D eigenvalue weighted by Gasteiger charge is 2.30. The number of nitrogens with zero attached hydrogens (tertiary/aromatic N) is 1. The van der Waals surface area contributed by atoms with Crippen molar-refractivity contribution in [1.82, 2.24) is 9.71 Å². The zero-order chi connectivity index (χ0) is 22.8. The monoisotopic (exact) mass is 464 g/mol. The van der Waals surface area contributed by atoms with Crippen molar-refractivity contribution in [1.29, 1.82) is 0 Å². The van der Waals surface area contributed by atoms with Crippen LogP contribution in [0.2, 0.25) is 0 Å². The third-order valence-corrected chi connectivity index (χ3v) is 6.70. The number of benzene rings is 2. The lowest BCUT2D eigenvalue weighted by Crippen LogP contribution is -2.47. The average Bonchev–Trinajstić information content (AvgIpc) is 3.07. The zero-order valence-electron chi connectivity index (χ0n) is 17.0. The number of halogens is 1. The number of carbonyl (C=O) groups is 2. The van der Waals surface area contributed by atoms with Gasteiger partial charge in [0.05, 0.1) is 10.2 Å². The van der Waals surface area contributed by atoms with Gasteiger partial charge in [-0.1, -0.05) is 37.3 Å². The van der Waals surface area contributed by atoms with Crippen molar-refractivity contribution in [2.75, 3.05) is 10.6 Å². The second-order valence-corrected chi connectivity index (χ2v) is 9.86. The van der Waals surface area contributed by atoms with Crippen LogP contribution < -0.4 is 15.4 Å². The van der Waals surface area contributed by atoms with E-state index in [4.69, 9.17) is 0 Å². The molecule has 0 saturated heterocycles. The summed E-state index contributed by atoms with van der Waals surface area (Å²) in [6, 6.07) is 8.92. The number of rotatable bonds is 7. The van der Waals surface area contributed by atoms with Gasteiger partial charge < -0.3 is 10.6 Å². The minimum Gasteiger partial charge on any atom is -0.326 e. The molecule has 2 amide bonds. The van der Waals surface area contributed by atoms with Crippen LogP contribution in [-0.4, -0.2) is 31.3 Å². The molecule has 1 atom stereocenters. The van der Waals surface area contributed by atoms with E-state index in [9.17, 15) is 22.4 Å². The Kier molecular flexibility index (Phi) is 6.68. The van der Waals surface area contributed by atoms with Crippen LogP contribution in [0, 0.1) is 11.7 Å². The third kappa shape index (κ3) is 5.43. The molecule has 0 bridgehead atoms. The SMILES string of the molecule is CC(=O)Nc1ccc2nc(NC(=O)[C@@H](NS(=O)(=O)c3ccccc3F)C(C)C)sc2c1. The number of nitrogens with one attached hydrogen (secondary N) is 3. The summed E-state index contributed by atoms with van der Waals surface area (Å²) in [5.41, 5.74) is 1.21. The molecular weight excluding hydrogens is 443 g/mol. The number of carbonyl (C=O) groups excluding carboxylic acids is 2. The Bertz CT molecular complexity index is 1240. The maximum atomic E-state index is 14.0. The predicted octanol–water partition coefficient (Wildman–Crippen LogP) is 3.34. The fourth-order valence-electron chi connectivity index (χ4n) is 2.83. The van der Waals surface area contributed by atoms with Crippen LogP contribution in [0.3, 0.4) is 0 Å². The lowest BCUT2D eigenvalue weighted by molar-refractivity contribution is -0.118. The van der Waals surface area contributed by atoms with Crippen LogP contribution in [0.4, 0.5) is 15.2 Å². The Balaban J connectivity index is 1.81. The van der Waals surface area contributed by atoms with E-state index in [0.29, 0.717) is 11.2 Å². The van der Waals surface area contributed by atoms with Gasteiger partial charge in [-0.15, -0.1) is 0 Å². The Morgan fingerprint density at radius 2 is 1.81 bits per heavy atom. The molecule has 0 unspecified atom stereocenters. The molecule has 1 heterocycles. The van der Waals surface area contributed by atoms with E-state index in [-0.39, 0.29) is 11.0 Å². The molecule has 3 rings (SSSR count). The summed E-state index contributed by atoms with van der Waals surface area (Å²) in [7, 11) is -4.26. The highest BCUT2D eigenvalue weighted by molar-refractivity contribution is 7.89. The molecule has 0 radical (unpaired) electrons. The second-order valence-electron chi connectivity index (χ2n) is 7.15. The van der Waals surface area contributed by atoms with E-state index in [1.807, 2.05) is 0 Å². The van der Waals surface area contributed by atoms with Gasteiger partial charge in [-0.3, -0.25) is 9.59 Å². The molecule has 11 heteroatoms. The van der Waals surface area contributed by atoms with Crippen molar-refractivity contribution >= 4 is 54.2 Å². The fraction of sp³-hybridized carbons (Fsp3) is 0.250. The molecule has 3 N–H and O–H groups in total. The number of sulfonamides is 1. The van der Waals surface area contributed by atoms with E-state index >= 15 is 0 Å². The first kappa shape index (κ1) is 22.8. The van der Waals surface area contributed by atoms with Crippen LogP contribution >= 0.6 is 11.3 Å². The number of amides is 2. The molecule has 2 aromatic carbocycles. The summed E-state index contributed by atoms with van der Waals surface area (Å²) in [6.45, 7) is 4.75. The van der Waals surface area contributed by atoms with Crippen LogP contribution in [0.25, 0.3) is 10.2 Å². The molecule has 0 aliphatic heterocycles. The second kappa shape index (κ2) is 9.08. The Labute approximate surface area is 182 Å². The molecular formula is C20H21FN4O4S2. The molecule has 164 valence electrons. The summed E-state index contributed by atoms with van der Waals surface area (Å²) in [6.07, 6.45) is 0. The molecule has 8 nitrogen and oxygen atoms in total. The maximum absolute atomic E-state index is 14.0.